The third-order valence-corrected chi connectivity index (χ3v) is 23.9. The highest BCUT2D eigenvalue weighted by atomic mass is 33.1. The first-order valence-electron chi connectivity index (χ1n) is 32.3. The van der Waals surface area contributed by atoms with Gasteiger partial charge in [0.15, 0.2) is 35.8 Å². The second kappa shape index (κ2) is 27.9. The first kappa shape index (κ1) is 64.6. The van der Waals surface area contributed by atoms with Gasteiger partial charge in [-0.15, -0.1) is 0 Å². The molecule has 0 amide bonds. The average molecular weight is 1250 g/mol. The Hall–Kier alpha value is -4.90. The number of carbonyl (C=O) groups excluding carboxylic acids is 1. The number of guanidine groups is 1. The number of nitrogens with two attached hydrogens (primary N) is 1. The van der Waals surface area contributed by atoms with E-state index in [-0.39, 0.29) is 121 Å². The molecule has 4 aliphatic heterocycles. The molecule has 9 aliphatic rings. The molecule has 4 heterocycles. The number of fused-ring (bicyclic) bond motifs is 7. The number of hydrogen-bond acceptors (Lipinski definition) is 19. The predicted molar refractivity (Wildman–Crippen MR) is 342 cm³/mol. The number of Topliss-reactive ketones (excluding diaryl/α,β-unsaturated/α-hetero) is 1. The van der Waals surface area contributed by atoms with Gasteiger partial charge in [-0.2, -0.15) is 0 Å². The van der Waals surface area contributed by atoms with Crippen LogP contribution < -0.4 is 35.9 Å². The molecule has 5 aliphatic carbocycles. The molecule has 478 valence electrons. The van der Waals surface area contributed by atoms with Gasteiger partial charge in [0.25, 0.3) is 0 Å². The van der Waals surface area contributed by atoms with Crippen LogP contribution in [-0.4, -0.2) is 135 Å². The number of benzene rings is 3. The number of methoxy groups -OCH3 is 1. The Morgan fingerprint density at radius 2 is 1.68 bits per heavy atom. The number of rotatable bonds is 9. The third-order valence-electron chi connectivity index (χ3n) is 21.4. The summed E-state index contributed by atoms with van der Waals surface area (Å²) >= 11 is 0. The number of aliphatic hydroxyl groups is 5. The van der Waals surface area contributed by atoms with E-state index in [0.717, 1.165) is 99.5 Å². The van der Waals surface area contributed by atoms with Crippen molar-refractivity contribution < 1.29 is 59.5 Å². The quantitative estimate of drug-likeness (QED) is 0.0562. The maximum atomic E-state index is 13.6. The molecular formula is C69H93N5O12S2. The van der Waals surface area contributed by atoms with Crippen molar-refractivity contribution in [1.29, 1.82) is 0 Å². The SMILES string of the molecule is CO[C@H](CO)[C@H]1CC[C@H]2C#C[C@@H]3NC(N)=N[C@H](C(C)C)CSSC[C@H]3[C@@H]3Cc4c5cc(c(c4O[C@@H]3O)OCN[C@@]23C[C@]2(CC[C@H]3C1)CC[C@]1(CC[C@@H](NC[C@H](C)O)c3cc(O)ccc3C1)C2)CC#Cc1c(ccc(O)c1OCO)CCC(=O)C[C@H](O)CC5. The Kier molecular flexibility index (Phi) is 20.5. The highest BCUT2D eigenvalue weighted by molar-refractivity contribution is 8.76. The van der Waals surface area contributed by atoms with E-state index in [1.165, 1.54) is 11.6 Å². The summed E-state index contributed by atoms with van der Waals surface area (Å²) in [5, 5.41) is 89.0. The number of aryl methyl sites for hydroxylation is 2. The zero-order valence-corrected chi connectivity index (χ0v) is 53.3. The van der Waals surface area contributed by atoms with Crippen LogP contribution in [0.2, 0.25) is 0 Å². The molecule has 0 aromatic heterocycles. The van der Waals surface area contributed by atoms with Crippen molar-refractivity contribution in [3.8, 4) is 52.4 Å². The first-order chi connectivity index (χ1) is 42.4. The van der Waals surface area contributed by atoms with Crippen molar-refractivity contribution in [3.63, 3.8) is 0 Å². The molecule has 17 nitrogen and oxygen atoms in total. The normalized spacial score (nSPS) is 33.2. The van der Waals surface area contributed by atoms with Gasteiger partial charge in [0, 0.05) is 84.9 Å². The largest absolute Gasteiger partial charge is 0.508 e. The van der Waals surface area contributed by atoms with E-state index >= 15 is 0 Å². The van der Waals surface area contributed by atoms with Crippen LogP contribution in [0.4, 0.5) is 0 Å². The van der Waals surface area contributed by atoms with Crippen molar-refractivity contribution in [2.75, 3.05) is 45.3 Å². The van der Waals surface area contributed by atoms with Crippen LogP contribution >= 0.6 is 21.6 Å². The Bertz CT molecular complexity index is 3160. The summed E-state index contributed by atoms with van der Waals surface area (Å²) in [6, 6.07) is 10.5. The predicted octanol–water partition coefficient (Wildman–Crippen LogP) is 7.51. The fraction of sp³-hybridized carbons (Fsp3) is 0.652. The highest BCUT2D eigenvalue weighted by Gasteiger charge is 2.60. The zero-order valence-electron chi connectivity index (χ0n) is 51.7. The molecule has 15 atom stereocenters. The molecule has 3 fully saturated rings. The zero-order chi connectivity index (χ0) is 61.9. The number of aliphatic imine (C=N–C) groups is 1. The molecule has 12 N–H and O–H groups in total. The van der Waals surface area contributed by atoms with Gasteiger partial charge in [-0.3, -0.25) is 10.1 Å². The summed E-state index contributed by atoms with van der Waals surface area (Å²) in [4.78, 5) is 18.6. The smallest absolute Gasteiger partial charge is 0.201 e. The minimum Gasteiger partial charge on any atom is -0.508 e. The summed E-state index contributed by atoms with van der Waals surface area (Å²) in [6.45, 7) is 5.83. The maximum absolute atomic E-state index is 13.6. The van der Waals surface area contributed by atoms with E-state index in [1.807, 2.05) is 12.1 Å². The molecule has 0 unspecified atom stereocenters. The standard InChI is InChI=1S/C69H93N5O12S2/c1-40(2)59-35-88-87-34-56-55-30-54-43-10-16-50(79)28-49(78)15-9-42-12-19-60(81)63(85-39-76)52(42)7-5-6-45(26-43)62(64(54)86-65(55)82)84-38-72-69-37-68(25-24-67(36-68)23-21-57(71-32-41(3)77)53-29-51(80)17-11-46(53)31-67)22-20-48(69)27-44(61(33-75)83-4)8-13-47(69)14-18-58(56)73-66(70)74-59/h11-12,17,19,26,29,40-41,44,47-48,50,55-59,61,65,71-72,75-77,79-82H,6,8-10,13,15-16,20-25,27-28,30-39H2,1-4H3,(H3,70,73,74)/t41-,44-,47-,48-,50+,55-,56-,57+,58-,59-,61+,65-,67-,68+,69-/m0/s1. The topological polar surface area (TPSA) is 270 Å². The molecule has 6 bridgehead atoms. The van der Waals surface area contributed by atoms with Gasteiger partial charge in [-0.25, -0.2) is 4.99 Å². The van der Waals surface area contributed by atoms with Crippen molar-refractivity contribution in [3.05, 3.63) is 75.3 Å². The second-order valence-electron chi connectivity index (χ2n) is 27.4. The summed E-state index contributed by atoms with van der Waals surface area (Å²) in [5.41, 5.74) is 12.1. The van der Waals surface area contributed by atoms with E-state index in [9.17, 15) is 40.5 Å². The number of aromatic hydroxyl groups is 2. The molecule has 0 radical (unpaired) electrons. The number of phenols is 2. The van der Waals surface area contributed by atoms with Crippen molar-refractivity contribution in [2.24, 2.45) is 57.1 Å². The summed E-state index contributed by atoms with van der Waals surface area (Å²) < 4.78 is 25.9. The Labute approximate surface area is 527 Å². The summed E-state index contributed by atoms with van der Waals surface area (Å²) in [5.74, 6) is 16.4. The van der Waals surface area contributed by atoms with Gasteiger partial charge in [0.05, 0.1) is 42.6 Å². The lowest BCUT2D eigenvalue weighted by molar-refractivity contribution is -0.121. The van der Waals surface area contributed by atoms with Gasteiger partial charge < -0.3 is 71.1 Å². The van der Waals surface area contributed by atoms with Gasteiger partial charge in [-0.05, 0) is 179 Å². The van der Waals surface area contributed by atoms with Crippen LogP contribution in [0.1, 0.15) is 156 Å². The molecule has 3 saturated carbocycles. The first-order valence-corrected chi connectivity index (χ1v) is 34.8. The summed E-state index contributed by atoms with van der Waals surface area (Å²) in [7, 11) is 5.21. The van der Waals surface area contributed by atoms with E-state index < -0.39 is 42.8 Å². The lowest BCUT2D eigenvalue weighted by Crippen LogP contribution is -2.62. The maximum Gasteiger partial charge on any atom is 0.201 e. The van der Waals surface area contributed by atoms with Gasteiger partial charge in [0.2, 0.25) is 6.29 Å². The van der Waals surface area contributed by atoms with Crippen LogP contribution in [0.3, 0.4) is 0 Å². The highest BCUT2D eigenvalue weighted by Crippen LogP contribution is 2.65. The number of ether oxygens (including phenoxy) is 4. The molecule has 88 heavy (non-hydrogen) atoms. The molecule has 3 aromatic carbocycles. The number of ketones is 1. The van der Waals surface area contributed by atoms with Crippen molar-refractivity contribution >= 4 is 33.3 Å². The van der Waals surface area contributed by atoms with Crippen LogP contribution in [0.15, 0.2) is 41.4 Å². The minimum atomic E-state index is -1.30. The number of carbonyl (C=O) groups is 1. The van der Waals surface area contributed by atoms with E-state index in [4.69, 9.17) is 29.7 Å². The molecule has 19 heteroatoms. The molecule has 0 saturated heterocycles. The van der Waals surface area contributed by atoms with Crippen molar-refractivity contribution in [2.45, 2.75) is 191 Å². The Morgan fingerprint density at radius 1 is 0.875 bits per heavy atom. The number of phenolic OH excluding ortho intramolecular Hbond substituents is 2. The minimum absolute atomic E-state index is 0.00463. The molecule has 12 rings (SSSR count). The number of aliphatic hydroxyl groups excluding tert-OH is 5. The fourth-order valence-corrected chi connectivity index (χ4v) is 19.7. The molecule has 3 spiro atoms. The van der Waals surface area contributed by atoms with Gasteiger partial charge in [-0.1, -0.05) is 77.3 Å². The van der Waals surface area contributed by atoms with Crippen LogP contribution in [0, 0.1) is 70.0 Å². The summed E-state index contributed by atoms with van der Waals surface area (Å²) in [6.07, 6.45) is 9.47. The molecular weight excluding hydrogens is 1150 g/mol. The number of hydrogen-bond donors (Lipinski definition) is 11. The number of nitrogens with one attached hydrogen (secondary N) is 3. The average Bonchev–Trinajstić information content (AvgIpc) is 1.49. The van der Waals surface area contributed by atoms with Crippen LogP contribution in [0.25, 0.3) is 0 Å². The Morgan fingerprint density at radius 3 is 2.48 bits per heavy atom. The number of nitrogens with zero attached hydrogens (tertiary/aromatic N) is 1. The van der Waals surface area contributed by atoms with Crippen LogP contribution in [0.5, 0.6) is 28.7 Å². The van der Waals surface area contributed by atoms with E-state index in [2.05, 4.69) is 65.6 Å². The molecule has 3 aromatic rings. The monoisotopic (exact) mass is 1250 g/mol. The van der Waals surface area contributed by atoms with Gasteiger partial charge in [0.1, 0.15) is 18.3 Å². The third kappa shape index (κ3) is 14.0. The Balaban J connectivity index is 1.06. The second-order valence-corrected chi connectivity index (χ2v) is 30.0. The lowest BCUT2D eigenvalue weighted by Gasteiger charge is -2.54. The van der Waals surface area contributed by atoms with Crippen molar-refractivity contribution in [1.82, 2.24) is 16.0 Å². The van der Waals surface area contributed by atoms with Crippen LogP contribution in [-0.2, 0) is 41.6 Å². The van der Waals surface area contributed by atoms with E-state index in [0.29, 0.717) is 65.7 Å². The fourth-order valence-electron chi connectivity index (χ4n) is 16.8. The van der Waals surface area contributed by atoms with E-state index in [1.54, 1.807) is 41.7 Å². The lowest BCUT2D eigenvalue weighted by atomic mass is 9.55. The van der Waals surface area contributed by atoms with Gasteiger partial charge >= 0.3 is 0 Å².